The summed E-state index contributed by atoms with van der Waals surface area (Å²) in [5.41, 5.74) is -0.510. The van der Waals surface area contributed by atoms with Crippen LogP contribution in [0.5, 0.6) is 0 Å². The van der Waals surface area contributed by atoms with E-state index in [2.05, 4.69) is 36.5 Å². The van der Waals surface area contributed by atoms with E-state index < -0.39 is 11.7 Å². The molecule has 1 heterocycles. The van der Waals surface area contributed by atoms with Crippen molar-refractivity contribution in [2.24, 2.45) is 0 Å². The first-order chi connectivity index (χ1) is 9.17. The molecule has 0 fully saturated rings. The van der Waals surface area contributed by atoms with E-state index in [0.717, 1.165) is 0 Å². The lowest BCUT2D eigenvalue weighted by atomic mass is 10.2. The van der Waals surface area contributed by atoms with Gasteiger partial charge in [0.15, 0.2) is 0 Å². The fourth-order valence-electron chi connectivity index (χ4n) is 1.28. The van der Waals surface area contributed by atoms with E-state index in [4.69, 9.17) is 16.3 Å². The predicted octanol–water partition coefficient (Wildman–Crippen LogP) is 3.22. The molecule has 20 heavy (non-hydrogen) atoms. The molecule has 1 amide bonds. The number of rotatable bonds is 4. The Kier molecular flexibility index (Phi) is 6.01. The van der Waals surface area contributed by atoms with E-state index in [1.807, 2.05) is 27.7 Å². The van der Waals surface area contributed by atoms with Gasteiger partial charge in [-0.15, -0.1) is 0 Å². The molecular weight excluding hydrogens is 348 g/mol. The molecular formula is C12H18BrClN4O2. The first-order valence-corrected chi connectivity index (χ1v) is 7.26. The van der Waals surface area contributed by atoms with Crippen molar-refractivity contribution in [3.05, 3.63) is 16.0 Å². The lowest BCUT2D eigenvalue weighted by Crippen LogP contribution is -2.38. The van der Waals surface area contributed by atoms with Crippen LogP contribution in [-0.4, -0.2) is 34.2 Å². The maximum absolute atomic E-state index is 11.5. The van der Waals surface area contributed by atoms with Gasteiger partial charge in [-0.05, 0) is 55.2 Å². The van der Waals surface area contributed by atoms with Gasteiger partial charge in [-0.3, -0.25) is 0 Å². The number of anilines is 1. The third kappa shape index (κ3) is 6.38. The summed E-state index contributed by atoms with van der Waals surface area (Å²) >= 11 is 9.05. The number of nitrogens with one attached hydrogen (secondary N) is 2. The molecule has 0 radical (unpaired) electrons. The number of hydrogen-bond donors (Lipinski definition) is 2. The number of ether oxygens (including phenoxy) is 1. The molecule has 6 nitrogen and oxygen atoms in total. The molecule has 112 valence electrons. The summed E-state index contributed by atoms with van der Waals surface area (Å²) in [5, 5.41) is 5.95. The molecule has 0 saturated carbocycles. The minimum absolute atomic E-state index is 0.0511. The van der Waals surface area contributed by atoms with Gasteiger partial charge in [0.25, 0.3) is 0 Å². The van der Waals surface area contributed by atoms with Crippen LogP contribution in [0.2, 0.25) is 5.28 Å². The summed E-state index contributed by atoms with van der Waals surface area (Å²) in [4.78, 5) is 19.4. The van der Waals surface area contributed by atoms with Gasteiger partial charge in [0.05, 0.1) is 4.47 Å². The SMILES string of the molecule is C[C@@H](CNC(=O)OC(C)(C)C)Nc1nc(Cl)ncc1Br. The minimum Gasteiger partial charge on any atom is -0.444 e. The summed E-state index contributed by atoms with van der Waals surface area (Å²) in [7, 11) is 0. The molecule has 2 N–H and O–H groups in total. The second-order valence-electron chi connectivity index (χ2n) is 5.26. The molecule has 0 aliphatic heterocycles. The number of nitrogens with zero attached hydrogens (tertiary/aromatic N) is 2. The van der Waals surface area contributed by atoms with Crippen molar-refractivity contribution in [2.75, 3.05) is 11.9 Å². The summed E-state index contributed by atoms with van der Waals surface area (Å²) in [6.07, 6.45) is 1.11. The Hall–Kier alpha value is -1.08. The van der Waals surface area contributed by atoms with Gasteiger partial charge >= 0.3 is 6.09 Å². The highest BCUT2D eigenvalue weighted by Crippen LogP contribution is 2.20. The Morgan fingerprint density at radius 3 is 2.80 bits per heavy atom. The number of halogens is 2. The van der Waals surface area contributed by atoms with Gasteiger partial charge in [-0.25, -0.2) is 9.78 Å². The molecule has 0 spiro atoms. The van der Waals surface area contributed by atoms with Gasteiger partial charge in [-0.1, -0.05) is 0 Å². The molecule has 1 atom stereocenters. The van der Waals surface area contributed by atoms with E-state index >= 15 is 0 Å². The highest BCUT2D eigenvalue weighted by Gasteiger charge is 2.16. The molecule has 0 saturated heterocycles. The average Bonchev–Trinajstić information content (AvgIpc) is 2.29. The van der Waals surface area contributed by atoms with Crippen LogP contribution < -0.4 is 10.6 Å². The quantitative estimate of drug-likeness (QED) is 0.801. The fraction of sp³-hybridized carbons (Fsp3) is 0.583. The molecule has 0 aromatic carbocycles. The van der Waals surface area contributed by atoms with Crippen molar-refractivity contribution in [3.8, 4) is 0 Å². The topological polar surface area (TPSA) is 76.1 Å². The molecule has 0 aliphatic rings. The van der Waals surface area contributed by atoms with E-state index in [9.17, 15) is 4.79 Å². The van der Waals surface area contributed by atoms with Crippen molar-refractivity contribution in [1.29, 1.82) is 0 Å². The second-order valence-corrected chi connectivity index (χ2v) is 6.46. The van der Waals surface area contributed by atoms with Crippen LogP contribution in [0.4, 0.5) is 10.6 Å². The zero-order valence-electron chi connectivity index (χ0n) is 11.8. The van der Waals surface area contributed by atoms with Crippen molar-refractivity contribution in [2.45, 2.75) is 39.3 Å². The highest BCUT2D eigenvalue weighted by atomic mass is 79.9. The summed E-state index contributed by atoms with van der Waals surface area (Å²) in [5.74, 6) is 0.573. The van der Waals surface area contributed by atoms with Gasteiger partial charge in [0.1, 0.15) is 11.4 Å². The second kappa shape index (κ2) is 7.08. The van der Waals surface area contributed by atoms with Crippen LogP contribution in [0.15, 0.2) is 10.7 Å². The van der Waals surface area contributed by atoms with E-state index in [0.29, 0.717) is 16.8 Å². The van der Waals surface area contributed by atoms with Gasteiger partial charge in [-0.2, -0.15) is 4.98 Å². The van der Waals surface area contributed by atoms with E-state index in [1.54, 1.807) is 6.20 Å². The zero-order valence-corrected chi connectivity index (χ0v) is 14.2. The Balaban J connectivity index is 2.46. The largest absolute Gasteiger partial charge is 0.444 e. The first-order valence-electron chi connectivity index (χ1n) is 6.09. The summed E-state index contributed by atoms with van der Waals surface area (Å²) < 4.78 is 5.85. The standard InChI is InChI=1S/C12H18BrClN4O2/c1-7(5-16-11(19)20-12(2,3)4)17-9-8(13)6-15-10(14)18-9/h6-7H,5H2,1-4H3,(H,16,19)(H,15,17,18)/t7-/m0/s1. The zero-order chi connectivity index (χ0) is 15.3. The highest BCUT2D eigenvalue weighted by molar-refractivity contribution is 9.10. The maximum atomic E-state index is 11.5. The number of hydrogen-bond acceptors (Lipinski definition) is 5. The molecule has 1 aromatic rings. The number of carbonyl (C=O) groups is 1. The lowest BCUT2D eigenvalue weighted by Gasteiger charge is -2.21. The Bertz CT molecular complexity index is 479. The normalized spacial score (nSPS) is 12.7. The molecule has 1 aromatic heterocycles. The molecule has 0 aliphatic carbocycles. The van der Waals surface area contributed by atoms with Crippen LogP contribution in [-0.2, 0) is 4.74 Å². The third-order valence-electron chi connectivity index (χ3n) is 2.05. The van der Waals surface area contributed by atoms with Crippen LogP contribution in [0.1, 0.15) is 27.7 Å². The minimum atomic E-state index is -0.510. The van der Waals surface area contributed by atoms with Gasteiger partial charge in [0, 0.05) is 18.8 Å². The number of aromatic nitrogens is 2. The maximum Gasteiger partial charge on any atom is 0.407 e. The summed E-state index contributed by atoms with van der Waals surface area (Å²) in [6.45, 7) is 7.74. The van der Waals surface area contributed by atoms with Crippen LogP contribution >= 0.6 is 27.5 Å². The average molecular weight is 366 g/mol. The van der Waals surface area contributed by atoms with Gasteiger partial charge in [0.2, 0.25) is 5.28 Å². The number of amides is 1. The van der Waals surface area contributed by atoms with Crippen molar-refractivity contribution in [3.63, 3.8) is 0 Å². The molecule has 8 heteroatoms. The fourth-order valence-corrected chi connectivity index (χ4v) is 1.72. The third-order valence-corrected chi connectivity index (χ3v) is 2.81. The van der Waals surface area contributed by atoms with Gasteiger partial charge < -0.3 is 15.4 Å². The predicted molar refractivity (Wildman–Crippen MR) is 82.1 cm³/mol. The van der Waals surface area contributed by atoms with E-state index in [1.165, 1.54) is 0 Å². The number of alkyl carbamates (subject to hydrolysis) is 1. The van der Waals surface area contributed by atoms with Crippen LogP contribution in [0.3, 0.4) is 0 Å². The molecule has 0 unspecified atom stereocenters. The first kappa shape index (κ1) is 17.0. The number of carbonyl (C=O) groups excluding carboxylic acids is 1. The molecule has 1 rings (SSSR count). The smallest absolute Gasteiger partial charge is 0.407 e. The Morgan fingerprint density at radius 2 is 2.20 bits per heavy atom. The van der Waals surface area contributed by atoms with Crippen molar-refractivity contribution in [1.82, 2.24) is 15.3 Å². The Labute approximate surface area is 131 Å². The van der Waals surface area contributed by atoms with Crippen LogP contribution in [0, 0.1) is 0 Å². The lowest BCUT2D eigenvalue weighted by molar-refractivity contribution is 0.0526. The Morgan fingerprint density at radius 1 is 1.55 bits per heavy atom. The van der Waals surface area contributed by atoms with Crippen LogP contribution in [0.25, 0.3) is 0 Å². The van der Waals surface area contributed by atoms with Crippen molar-refractivity contribution < 1.29 is 9.53 Å². The molecule has 0 bridgehead atoms. The van der Waals surface area contributed by atoms with E-state index in [-0.39, 0.29) is 11.3 Å². The summed E-state index contributed by atoms with van der Waals surface area (Å²) in [6, 6.07) is -0.0511. The van der Waals surface area contributed by atoms with Crippen molar-refractivity contribution >= 4 is 39.4 Å². The monoisotopic (exact) mass is 364 g/mol.